The molecule has 0 radical (unpaired) electrons. The Bertz CT molecular complexity index is 2050. The highest BCUT2D eigenvalue weighted by molar-refractivity contribution is 5.69. The molecule has 10 nitrogen and oxygen atoms in total. The van der Waals surface area contributed by atoms with Crippen molar-refractivity contribution in [2.24, 2.45) is 29.6 Å². The number of benzene rings is 2. The number of para-hydroxylation sites is 2. The zero-order valence-electron chi connectivity index (χ0n) is 33.6. The van der Waals surface area contributed by atoms with Crippen LogP contribution in [0.5, 0.6) is 0 Å². The molecule has 2 aromatic carbocycles. The molecule has 12 rings (SSSR count). The second-order valence-electron chi connectivity index (χ2n) is 19.1. The van der Waals surface area contributed by atoms with E-state index in [1.54, 1.807) is 18.1 Å². The maximum atomic E-state index is 12.1. The topological polar surface area (TPSA) is 77.5 Å². The van der Waals surface area contributed by atoms with E-state index < -0.39 is 0 Å². The van der Waals surface area contributed by atoms with Crippen LogP contribution >= 0.6 is 0 Å². The van der Waals surface area contributed by atoms with Crippen molar-refractivity contribution < 1.29 is 71.5 Å². The molecule has 1 spiro atoms. The second kappa shape index (κ2) is 14.2. The van der Waals surface area contributed by atoms with Crippen LogP contribution in [0.4, 0.5) is 11.4 Å². The van der Waals surface area contributed by atoms with Crippen LogP contribution < -0.4 is 43.8 Å². The Labute approximate surface area is 363 Å². The van der Waals surface area contributed by atoms with Gasteiger partial charge in [0.2, 0.25) is 0 Å². The number of hydrogen-bond acceptors (Lipinski definition) is 8. The summed E-state index contributed by atoms with van der Waals surface area (Å²) >= 11 is 0. The Morgan fingerprint density at radius 2 is 1.41 bits per heavy atom. The average Bonchev–Trinajstić information content (AvgIpc) is 3.73. The number of hydrogen-bond donors (Lipinski definition) is 0. The Morgan fingerprint density at radius 1 is 0.776 bits per heavy atom. The SMILES string of the molecule is CC(=O)OCC[N+]12CCC3C4C5C(CC31)C(=CCOC5N1c3ccccc3C35CC[N+]6(CCOC(C)=O)CC7=CCOC(C(C7CC36)C15)N4c1ccccc1)C2.[Br-].[Br-]. The predicted octanol–water partition coefficient (Wildman–Crippen LogP) is -1.20. The number of halogens is 2. The quantitative estimate of drug-likeness (QED) is 0.195. The largest absolute Gasteiger partial charge is 1.00 e. The van der Waals surface area contributed by atoms with E-state index in [0.717, 1.165) is 73.9 Å². The Kier molecular flexibility index (Phi) is 9.62. The average molecular weight is 921 g/mol. The number of rotatable bonds is 7. The van der Waals surface area contributed by atoms with Gasteiger partial charge in [-0.25, -0.2) is 0 Å². The zero-order valence-corrected chi connectivity index (χ0v) is 36.8. The fourth-order valence-electron chi connectivity index (χ4n) is 15.8. The number of carbonyl (C=O) groups is 2. The highest BCUT2D eigenvalue weighted by Crippen LogP contribution is 2.69. The third-order valence-electron chi connectivity index (χ3n) is 17.4. The molecule has 14 unspecified atom stereocenters. The summed E-state index contributed by atoms with van der Waals surface area (Å²) in [5.74, 6) is 1.39. The van der Waals surface area contributed by atoms with Crippen molar-refractivity contribution in [2.75, 3.05) is 75.5 Å². The van der Waals surface area contributed by atoms with E-state index in [9.17, 15) is 9.59 Å². The minimum Gasteiger partial charge on any atom is -1.00 e. The van der Waals surface area contributed by atoms with Crippen LogP contribution in [-0.2, 0) is 34.0 Å². The molecule has 10 aliphatic rings. The van der Waals surface area contributed by atoms with Gasteiger partial charge in [0.05, 0.1) is 43.8 Å². The minimum absolute atomic E-state index is 0. The van der Waals surface area contributed by atoms with Crippen LogP contribution in [0.2, 0.25) is 0 Å². The lowest BCUT2D eigenvalue weighted by Crippen LogP contribution is -3.00. The van der Waals surface area contributed by atoms with Crippen LogP contribution in [0.25, 0.3) is 0 Å². The number of anilines is 2. The normalized spacial score (nSPS) is 42.5. The summed E-state index contributed by atoms with van der Waals surface area (Å²) in [6.45, 7) is 11.2. The van der Waals surface area contributed by atoms with Crippen molar-refractivity contribution in [2.45, 2.75) is 81.6 Å². The fraction of sp³-hybridized carbons (Fsp3) is 0.609. The van der Waals surface area contributed by atoms with E-state index in [2.05, 4.69) is 76.5 Å². The Balaban J connectivity index is 0.00000204. The maximum Gasteiger partial charge on any atom is 0.302 e. The minimum atomic E-state index is -0.188. The third kappa shape index (κ3) is 5.20. The van der Waals surface area contributed by atoms with Crippen molar-refractivity contribution in [1.29, 1.82) is 0 Å². The summed E-state index contributed by atoms with van der Waals surface area (Å²) in [6.07, 6.45) is 9.33. The van der Waals surface area contributed by atoms with E-state index in [1.807, 2.05) is 0 Å². The molecule has 2 aromatic rings. The van der Waals surface area contributed by atoms with Crippen molar-refractivity contribution in [3.05, 3.63) is 83.5 Å². The molecule has 7 fully saturated rings. The van der Waals surface area contributed by atoms with Gasteiger partial charge in [-0.3, -0.25) is 9.59 Å². The standard InChI is InChI=1S/C46H56N4O6.2BrH/c1-28(51)53-22-18-49-16-12-33-38(49)24-34-30(26-49)13-20-55-44-40(34)42(33)47(32-8-4-3-5-9-32)45-41-35-25-39-46(36-10-6-7-11-37(36)48(44)43(41)46)15-17-50(39,19-23-54-29(2)52)27-31(35)14-21-56-45;;/h3-11,13-14,33-35,38-45H,12,15-27H2,1-2H3;2*1H/q+2;;/p-2. The van der Waals surface area contributed by atoms with Crippen LogP contribution in [0, 0.1) is 29.6 Å². The van der Waals surface area contributed by atoms with Crippen LogP contribution in [-0.4, -0.2) is 123 Å². The summed E-state index contributed by atoms with van der Waals surface area (Å²) in [5.41, 5.74) is 7.23. The van der Waals surface area contributed by atoms with Gasteiger partial charge in [0, 0.05) is 86.5 Å². The first-order chi connectivity index (χ1) is 27.3. The van der Waals surface area contributed by atoms with Gasteiger partial charge in [-0.2, -0.15) is 0 Å². The van der Waals surface area contributed by atoms with E-state index in [0.29, 0.717) is 56.3 Å². The second-order valence-corrected chi connectivity index (χ2v) is 19.1. The molecule has 14 atom stereocenters. The number of carbonyl (C=O) groups excluding carboxylic acids is 2. The number of piperidine rings is 2. The number of esters is 2. The molecular formula is C46H56Br2N4O6. The Morgan fingerprint density at radius 3 is 2.14 bits per heavy atom. The lowest BCUT2D eigenvalue weighted by molar-refractivity contribution is -0.943. The van der Waals surface area contributed by atoms with Gasteiger partial charge in [0.25, 0.3) is 0 Å². The van der Waals surface area contributed by atoms with Gasteiger partial charge < -0.3 is 71.7 Å². The number of quaternary nitrogens is 2. The molecule has 310 valence electrons. The molecule has 0 amide bonds. The van der Waals surface area contributed by atoms with Crippen molar-refractivity contribution in [3.8, 4) is 0 Å². The zero-order chi connectivity index (χ0) is 37.6. The maximum absolute atomic E-state index is 12.1. The molecular weight excluding hydrogens is 864 g/mol. The summed E-state index contributed by atoms with van der Waals surface area (Å²) in [5, 5.41) is 0. The number of nitrogens with zero attached hydrogens (tertiary/aromatic N) is 4. The summed E-state index contributed by atoms with van der Waals surface area (Å²) in [7, 11) is 0. The molecule has 0 N–H and O–H groups in total. The van der Waals surface area contributed by atoms with Crippen LogP contribution in [0.3, 0.4) is 0 Å². The summed E-state index contributed by atoms with van der Waals surface area (Å²) in [6, 6.07) is 22.1. The molecule has 2 saturated carbocycles. The van der Waals surface area contributed by atoms with E-state index >= 15 is 0 Å². The Hall–Kier alpha value is -2.74. The number of ether oxygens (including phenoxy) is 4. The molecule has 8 heterocycles. The van der Waals surface area contributed by atoms with Crippen molar-refractivity contribution in [1.82, 2.24) is 0 Å². The molecule has 0 aromatic heterocycles. The van der Waals surface area contributed by atoms with Gasteiger partial charge in [-0.05, 0) is 34.9 Å². The van der Waals surface area contributed by atoms with Gasteiger partial charge >= 0.3 is 11.9 Å². The molecule has 2 aliphatic carbocycles. The number of fused-ring (bicyclic) bond motifs is 4. The molecule has 5 saturated heterocycles. The highest BCUT2D eigenvalue weighted by atomic mass is 79.9. The van der Waals surface area contributed by atoms with Crippen LogP contribution in [0.15, 0.2) is 77.9 Å². The highest BCUT2D eigenvalue weighted by Gasteiger charge is 2.77. The van der Waals surface area contributed by atoms with Crippen LogP contribution in [0.1, 0.15) is 45.1 Å². The van der Waals surface area contributed by atoms with Gasteiger partial charge in [0.1, 0.15) is 57.9 Å². The molecule has 4 bridgehead atoms. The lowest BCUT2D eigenvalue weighted by Gasteiger charge is -2.65. The van der Waals surface area contributed by atoms with Gasteiger partial charge in [0.15, 0.2) is 0 Å². The first kappa shape index (κ1) is 39.4. The summed E-state index contributed by atoms with van der Waals surface area (Å²) in [4.78, 5) is 29.8. The smallest absolute Gasteiger partial charge is 0.302 e. The van der Waals surface area contributed by atoms with E-state index in [4.69, 9.17) is 18.9 Å². The van der Waals surface area contributed by atoms with Gasteiger partial charge in [-0.15, -0.1) is 0 Å². The molecule has 12 heteroatoms. The third-order valence-corrected chi connectivity index (χ3v) is 17.4. The molecule has 8 aliphatic heterocycles. The summed E-state index contributed by atoms with van der Waals surface area (Å²) < 4.78 is 28.4. The lowest BCUT2D eigenvalue weighted by atomic mass is 9.53. The fourth-order valence-corrected chi connectivity index (χ4v) is 15.8. The monoisotopic (exact) mass is 918 g/mol. The predicted molar refractivity (Wildman–Crippen MR) is 209 cm³/mol. The van der Waals surface area contributed by atoms with E-state index in [-0.39, 0.29) is 87.7 Å². The van der Waals surface area contributed by atoms with Crippen molar-refractivity contribution >= 4 is 23.3 Å². The first-order valence-electron chi connectivity index (χ1n) is 21.6. The van der Waals surface area contributed by atoms with Gasteiger partial charge in [-0.1, -0.05) is 48.6 Å². The van der Waals surface area contributed by atoms with Crippen molar-refractivity contribution in [3.63, 3.8) is 0 Å². The molecule has 58 heavy (non-hydrogen) atoms. The first-order valence-corrected chi connectivity index (χ1v) is 21.6. The van der Waals surface area contributed by atoms with E-state index in [1.165, 1.54) is 23.9 Å².